The van der Waals surface area contributed by atoms with Gasteiger partial charge in [0.05, 0.1) is 30.6 Å². The summed E-state index contributed by atoms with van der Waals surface area (Å²) in [7, 11) is 0. The van der Waals surface area contributed by atoms with Gasteiger partial charge in [-0.05, 0) is 34.8 Å². The van der Waals surface area contributed by atoms with Crippen molar-refractivity contribution in [3.05, 3.63) is 35.0 Å². The van der Waals surface area contributed by atoms with E-state index in [2.05, 4.69) is 26.2 Å². The fraction of sp³-hybridized carbons (Fsp3) is 0.417. The second-order valence-electron chi connectivity index (χ2n) is 4.53. The molecule has 1 aliphatic rings. The van der Waals surface area contributed by atoms with Gasteiger partial charge in [-0.25, -0.2) is 0 Å². The Labute approximate surface area is 118 Å². The van der Waals surface area contributed by atoms with E-state index in [0.29, 0.717) is 16.8 Å². The first-order chi connectivity index (χ1) is 9.25. The molecule has 3 rings (SSSR count). The molecule has 19 heavy (non-hydrogen) atoms. The molecule has 7 heteroatoms. The molecule has 0 N–H and O–H groups in total. The van der Waals surface area contributed by atoms with E-state index in [1.807, 2.05) is 11.1 Å². The summed E-state index contributed by atoms with van der Waals surface area (Å²) in [4.78, 5) is 14.3. The number of rotatable bonds is 3. The molecule has 0 radical (unpaired) electrons. The van der Waals surface area contributed by atoms with Crippen LogP contribution in [0.1, 0.15) is 23.2 Å². The van der Waals surface area contributed by atoms with Crippen LogP contribution in [0.25, 0.3) is 0 Å². The molecule has 1 amide bonds. The van der Waals surface area contributed by atoms with Gasteiger partial charge in [0.1, 0.15) is 0 Å². The van der Waals surface area contributed by atoms with Crippen molar-refractivity contribution in [1.29, 1.82) is 0 Å². The zero-order valence-corrected chi connectivity index (χ0v) is 11.8. The molecule has 1 fully saturated rings. The fourth-order valence-corrected chi connectivity index (χ4v) is 2.85. The van der Waals surface area contributed by atoms with Crippen molar-refractivity contribution in [3.8, 4) is 0 Å². The average molecular weight is 325 g/mol. The van der Waals surface area contributed by atoms with Crippen LogP contribution >= 0.6 is 15.9 Å². The molecular weight excluding hydrogens is 312 g/mol. The minimum absolute atomic E-state index is 0.00300. The summed E-state index contributed by atoms with van der Waals surface area (Å²) in [5.41, 5.74) is 0.575. The Balaban J connectivity index is 1.76. The number of likely N-dealkylation sites (tertiary alicyclic amines) is 1. The minimum Gasteiger partial charge on any atom is -0.457 e. The summed E-state index contributed by atoms with van der Waals surface area (Å²) in [6.07, 6.45) is 6.98. The monoisotopic (exact) mass is 324 g/mol. The topological polar surface area (TPSA) is 64.2 Å². The first kappa shape index (κ1) is 12.4. The van der Waals surface area contributed by atoms with Crippen LogP contribution in [0.3, 0.4) is 0 Å². The number of hydrogen-bond donors (Lipinski definition) is 0. The predicted molar refractivity (Wildman–Crippen MR) is 70.5 cm³/mol. The van der Waals surface area contributed by atoms with Gasteiger partial charge in [0.25, 0.3) is 5.91 Å². The van der Waals surface area contributed by atoms with E-state index in [4.69, 9.17) is 4.42 Å². The standard InChI is InChI=1S/C12H13BrN4O2/c13-11-10(3-7-19-11)12(18)17-5-1-2-9(17)8-16-6-4-14-15-16/h3-4,6-7,9H,1-2,5,8H2/t9-/m0/s1. The summed E-state index contributed by atoms with van der Waals surface area (Å²) in [5.74, 6) is 0.00300. The summed E-state index contributed by atoms with van der Waals surface area (Å²) in [6.45, 7) is 1.46. The van der Waals surface area contributed by atoms with Crippen LogP contribution in [0.5, 0.6) is 0 Å². The predicted octanol–water partition coefficient (Wildman–Crippen LogP) is 1.94. The number of aromatic nitrogens is 3. The molecule has 100 valence electrons. The molecule has 2 aromatic rings. The normalized spacial score (nSPS) is 19.0. The number of hydrogen-bond acceptors (Lipinski definition) is 4. The molecule has 1 atom stereocenters. The molecule has 0 unspecified atom stereocenters. The van der Waals surface area contributed by atoms with Gasteiger partial charge in [-0.2, -0.15) is 0 Å². The van der Waals surface area contributed by atoms with Crippen molar-refractivity contribution >= 4 is 21.8 Å². The van der Waals surface area contributed by atoms with E-state index in [9.17, 15) is 4.79 Å². The number of amides is 1. The Bertz CT molecular complexity index is 566. The summed E-state index contributed by atoms with van der Waals surface area (Å²) >= 11 is 3.25. The van der Waals surface area contributed by atoms with E-state index in [-0.39, 0.29) is 11.9 Å². The lowest BCUT2D eigenvalue weighted by Crippen LogP contribution is -2.38. The lowest BCUT2D eigenvalue weighted by molar-refractivity contribution is 0.0719. The van der Waals surface area contributed by atoms with Crippen molar-refractivity contribution in [1.82, 2.24) is 19.9 Å². The second kappa shape index (κ2) is 5.16. The Hall–Kier alpha value is -1.63. The van der Waals surface area contributed by atoms with Gasteiger partial charge < -0.3 is 9.32 Å². The van der Waals surface area contributed by atoms with Crippen LogP contribution < -0.4 is 0 Å². The number of nitrogens with zero attached hydrogens (tertiary/aromatic N) is 4. The lowest BCUT2D eigenvalue weighted by Gasteiger charge is -2.24. The quantitative estimate of drug-likeness (QED) is 0.865. The van der Waals surface area contributed by atoms with Gasteiger partial charge in [-0.1, -0.05) is 5.21 Å². The number of carbonyl (C=O) groups is 1. The third kappa shape index (κ3) is 2.42. The molecule has 0 aromatic carbocycles. The van der Waals surface area contributed by atoms with Crippen molar-refractivity contribution in [2.75, 3.05) is 6.54 Å². The highest BCUT2D eigenvalue weighted by Gasteiger charge is 2.31. The Morgan fingerprint density at radius 1 is 1.58 bits per heavy atom. The van der Waals surface area contributed by atoms with Gasteiger partial charge >= 0.3 is 0 Å². The molecule has 1 saturated heterocycles. The van der Waals surface area contributed by atoms with Crippen molar-refractivity contribution in [3.63, 3.8) is 0 Å². The third-order valence-electron chi connectivity index (χ3n) is 3.36. The number of carbonyl (C=O) groups excluding carboxylic acids is 1. The molecule has 3 heterocycles. The van der Waals surface area contributed by atoms with Gasteiger partial charge in [0.2, 0.25) is 0 Å². The zero-order chi connectivity index (χ0) is 13.2. The molecule has 1 aliphatic heterocycles. The maximum atomic E-state index is 12.5. The van der Waals surface area contributed by atoms with E-state index in [1.165, 1.54) is 6.26 Å². The molecular formula is C12H13BrN4O2. The zero-order valence-electron chi connectivity index (χ0n) is 10.2. The second-order valence-corrected chi connectivity index (χ2v) is 5.25. The number of halogens is 1. The summed E-state index contributed by atoms with van der Waals surface area (Å²) in [5, 5.41) is 7.74. The highest BCUT2D eigenvalue weighted by molar-refractivity contribution is 9.10. The molecule has 2 aromatic heterocycles. The van der Waals surface area contributed by atoms with E-state index in [0.717, 1.165) is 19.4 Å². The summed E-state index contributed by atoms with van der Waals surface area (Å²) < 4.78 is 7.38. The minimum atomic E-state index is 0.00300. The van der Waals surface area contributed by atoms with Crippen LogP contribution in [-0.4, -0.2) is 38.4 Å². The van der Waals surface area contributed by atoms with Crippen LogP contribution in [0.2, 0.25) is 0 Å². The van der Waals surface area contributed by atoms with Gasteiger partial charge in [0, 0.05) is 12.7 Å². The molecule has 6 nitrogen and oxygen atoms in total. The van der Waals surface area contributed by atoms with Crippen molar-refractivity contribution < 1.29 is 9.21 Å². The highest BCUT2D eigenvalue weighted by atomic mass is 79.9. The summed E-state index contributed by atoms with van der Waals surface area (Å²) in [6, 6.07) is 1.85. The maximum absolute atomic E-state index is 12.5. The fourth-order valence-electron chi connectivity index (χ4n) is 2.44. The maximum Gasteiger partial charge on any atom is 0.258 e. The molecule has 0 spiro atoms. The lowest BCUT2D eigenvalue weighted by atomic mass is 10.2. The third-order valence-corrected chi connectivity index (χ3v) is 3.97. The first-order valence-corrected chi connectivity index (χ1v) is 6.93. The van der Waals surface area contributed by atoms with E-state index >= 15 is 0 Å². The van der Waals surface area contributed by atoms with E-state index in [1.54, 1.807) is 16.9 Å². The van der Waals surface area contributed by atoms with Crippen molar-refractivity contribution in [2.45, 2.75) is 25.4 Å². The largest absolute Gasteiger partial charge is 0.457 e. The van der Waals surface area contributed by atoms with Crippen molar-refractivity contribution in [2.24, 2.45) is 0 Å². The molecule has 0 bridgehead atoms. The molecule has 0 aliphatic carbocycles. The van der Waals surface area contributed by atoms with Gasteiger partial charge in [-0.3, -0.25) is 9.48 Å². The van der Waals surface area contributed by atoms with Crippen LogP contribution in [0.15, 0.2) is 33.8 Å². The smallest absolute Gasteiger partial charge is 0.258 e. The van der Waals surface area contributed by atoms with Crippen LogP contribution in [0, 0.1) is 0 Å². The van der Waals surface area contributed by atoms with Gasteiger partial charge in [0.15, 0.2) is 4.67 Å². The Morgan fingerprint density at radius 2 is 2.47 bits per heavy atom. The molecule has 0 saturated carbocycles. The Kier molecular flexibility index (Phi) is 3.37. The highest BCUT2D eigenvalue weighted by Crippen LogP contribution is 2.25. The van der Waals surface area contributed by atoms with Crippen LogP contribution in [0.4, 0.5) is 0 Å². The van der Waals surface area contributed by atoms with E-state index < -0.39 is 0 Å². The van der Waals surface area contributed by atoms with Gasteiger partial charge in [-0.15, -0.1) is 5.10 Å². The Morgan fingerprint density at radius 3 is 3.16 bits per heavy atom. The number of furan rings is 1. The van der Waals surface area contributed by atoms with Crippen LogP contribution in [-0.2, 0) is 6.54 Å². The SMILES string of the molecule is O=C(c1ccoc1Br)N1CCC[C@H]1Cn1ccnn1. The average Bonchev–Trinajstić information content (AvgIpc) is 3.10. The first-order valence-electron chi connectivity index (χ1n) is 6.14.